The van der Waals surface area contributed by atoms with Crippen LogP contribution >= 0.6 is 11.3 Å². The predicted molar refractivity (Wildman–Crippen MR) is 76.0 cm³/mol. The van der Waals surface area contributed by atoms with Crippen LogP contribution in [0.1, 0.15) is 37.1 Å². The molecule has 1 unspecified atom stereocenters. The monoisotopic (exact) mass is 280 g/mol. The van der Waals surface area contributed by atoms with Crippen LogP contribution in [-0.4, -0.2) is 29.3 Å². The molecular formula is C14H20N2O2S. The Morgan fingerprint density at radius 2 is 2.21 bits per heavy atom. The maximum absolute atomic E-state index is 12.3. The summed E-state index contributed by atoms with van der Waals surface area (Å²) in [6, 6.07) is 1.76. The van der Waals surface area contributed by atoms with E-state index in [1.807, 2.05) is 12.3 Å². The highest BCUT2D eigenvalue weighted by Crippen LogP contribution is 2.21. The molecule has 0 radical (unpaired) electrons. The highest BCUT2D eigenvalue weighted by atomic mass is 32.1. The summed E-state index contributed by atoms with van der Waals surface area (Å²) in [4.78, 5) is 26.9. The molecule has 0 aliphatic carbocycles. The maximum atomic E-state index is 12.3. The molecule has 1 fully saturated rings. The number of thiophene rings is 1. The van der Waals surface area contributed by atoms with E-state index in [1.54, 1.807) is 16.2 Å². The van der Waals surface area contributed by atoms with Gasteiger partial charge in [0.25, 0.3) is 0 Å². The van der Waals surface area contributed by atoms with Gasteiger partial charge in [-0.2, -0.15) is 0 Å². The Kier molecular flexibility index (Phi) is 4.58. The number of rotatable bonds is 5. The third-order valence-electron chi connectivity index (χ3n) is 3.41. The van der Waals surface area contributed by atoms with Gasteiger partial charge in [0.1, 0.15) is 6.04 Å². The zero-order chi connectivity index (χ0) is 13.8. The minimum Gasteiger partial charge on any atom is -0.343 e. The van der Waals surface area contributed by atoms with Gasteiger partial charge in [0, 0.05) is 4.88 Å². The second-order valence-electron chi connectivity index (χ2n) is 4.83. The largest absolute Gasteiger partial charge is 0.343 e. The first kappa shape index (κ1) is 14.1. The molecule has 1 aromatic heterocycles. The van der Waals surface area contributed by atoms with Crippen molar-refractivity contribution in [2.24, 2.45) is 0 Å². The summed E-state index contributed by atoms with van der Waals surface area (Å²) in [6.07, 6.45) is 2.57. The summed E-state index contributed by atoms with van der Waals surface area (Å²) >= 11 is 1.66. The lowest BCUT2D eigenvalue weighted by molar-refractivity contribution is -0.145. The van der Waals surface area contributed by atoms with Gasteiger partial charge >= 0.3 is 0 Å². The summed E-state index contributed by atoms with van der Waals surface area (Å²) in [7, 11) is 0. The molecule has 2 heterocycles. The van der Waals surface area contributed by atoms with E-state index in [0.29, 0.717) is 13.0 Å². The van der Waals surface area contributed by atoms with Crippen LogP contribution in [-0.2, 0) is 22.6 Å². The average Bonchev–Trinajstić information content (AvgIpc) is 2.82. The molecule has 2 rings (SSSR count). The Morgan fingerprint density at radius 1 is 1.42 bits per heavy atom. The second kappa shape index (κ2) is 6.19. The zero-order valence-electron chi connectivity index (χ0n) is 11.4. The van der Waals surface area contributed by atoms with E-state index in [2.05, 4.69) is 18.3 Å². The number of aryl methyl sites for hydroxylation is 1. The van der Waals surface area contributed by atoms with Crippen molar-refractivity contribution in [3.63, 3.8) is 0 Å². The fourth-order valence-corrected chi connectivity index (χ4v) is 3.38. The summed E-state index contributed by atoms with van der Waals surface area (Å²) in [5.41, 5.74) is 1.27. The highest BCUT2D eigenvalue weighted by molar-refractivity contribution is 7.10. The molecule has 1 aromatic rings. The van der Waals surface area contributed by atoms with E-state index in [0.717, 1.165) is 12.8 Å². The molecule has 0 saturated carbocycles. The quantitative estimate of drug-likeness (QED) is 0.896. The number of nitrogens with one attached hydrogen (secondary N) is 1. The number of piperazine rings is 1. The van der Waals surface area contributed by atoms with Crippen molar-refractivity contribution in [3.05, 3.63) is 21.9 Å². The lowest BCUT2D eigenvalue weighted by Crippen LogP contribution is -2.57. The molecule has 1 aliphatic rings. The van der Waals surface area contributed by atoms with Gasteiger partial charge in [0.05, 0.1) is 13.1 Å². The van der Waals surface area contributed by atoms with Crippen LogP contribution in [0.15, 0.2) is 11.4 Å². The topological polar surface area (TPSA) is 49.4 Å². The van der Waals surface area contributed by atoms with E-state index in [4.69, 9.17) is 0 Å². The van der Waals surface area contributed by atoms with Crippen LogP contribution in [0.25, 0.3) is 0 Å². The zero-order valence-corrected chi connectivity index (χ0v) is 12.3. The van der Waals surface area contributed by atoms with Gasteiger partial charge in [-0.3, -0.25) is 9.59 Å². The molecule has 2 amide bonds. The fourth-order valence-electron chi connectivity index (χ4n) is 2.39. The van der Waals surface area contributed by atoms with Crippen molar-refractivity contribution in [2.45, 2.75) is 45.7 Å². The molecule has 19 heavy (non-hydrogen) atoms. The molecule has 1 aliphatic heterocycles. The van der Waals surface area contributed by atoms with Gasteiger partial charge in [0.2, 0.25) is 11.8 Å². The Balaban J connectivity index is 2.10. The number of nitrogens with zero attached hydrogens (tertiary/aromatic N) is 1. The third kappa shape index (κ3) is 3.15. The lowest BCUT2D eigenvalue weighted by Gasteiger charge is -2.32. The Labute approximate surface area is 117 Å². The smallest absolute Gasteiger partial charge is 0.245 e. The summed E-state index contributed by atoms with van der Waals surface area (Å²) in [6.45, 7) is 4.87. The van der Waals surface area contributed by atoms with Crippen LogP contribution in [0.3, 0.4) is 0 Å². The van der Waals surface area contributed by atoms with Crippen LogP contribution in [0.2, 0.25) is 0 Å². The number of hydrogen-bond acceptors (Lipinski definition) is 3. The normalized spacial score (nSPS) is 19.7. The average molecular weight is 280 g/mol. The molecule has 104 valence electrons. The minimum absolute atomic E-state index is 0.0485. The van der Waals surface area contributed by atoms with Gasteiger partial charge in [-0.1, -0.05) is 20.3 Å². The molecule has 0 bridgehead atoms. The van der Waals surface area contributed by atoms with Crippen molar-refractivity contribution in [1.82, 2.24) is 10.2 Å². The van der Waals surface area contributed by atoms with Crippen molar-refractivity contribution in [3.8, 4) is 0 Å². The van der Waals surface area contributed by atoms with E-state index >= 15 is 0 Å². The van der Waals surface area contributed by atoms with E-state index in [1.165, 1.54) is 10.4 Å². The molecule has 4 nitrogen and oxygen atoms in total. The number of carbonyl (C=O) groups is 2. The maximum Gasteiger partial charge on any atom is 0.245 e. The minimum atomic E-state index is -0.337. The molecule has 1 N–H and O–H groups in total. The predicted octanol–water partition coefficient (Wildman–Crippen LogP) is 1.94. The summed E-state index contributed by atoms with van der Waals surface area (Å²) < 4.78 is 0. The van der Waals surface area contributed by atoms with E-state index in [9.17, 15) is 9.59 Å². The molecule has 0 spiro atoms. The Morgan fingerprint density at radius 3 is 2.89 bits per heavy atom. The first-order chi connectivity index (χ1) is 9.15. The van der Waals surface area contributed by atoms with Gasteiger partial charge in [-0.25, -0.2) is 0 Å². The standard InChI is InChI=1S/C14H20N2O2S/c1-3-5-11-14(18)16(9-13(17)15-11)8-12-10(4-2)6-7-19-12/h6-7,11H,3-5,8-9H2,1-2H3,(H,15,17). The molecular weight excluding hydrogens is 260 g/mol. The second-order valence-corrected chi connectivity index (χ2v) is 5.83. The van der Waals surface area contributed by atoms with Gasteiger partial charge < -0.3 is 10.2 Å². The van der Waals surface area contributed by atoms with Crippen molar-refractivity contribution in [1.29, 1.82) is 0 Å². The summed E-state index contributed by atoms with van der Waals surface area (Å²) in [5.74, 6) is 0.00422. The SMILES string of the molecule is CCCC1NC(=O)CN(Cc2sccc2CC)C1=O. The Hall–Kier alpha value is -1.36. The first-order valence-corrected chi connectivity index (χ1v) is 7.67. The molecule has 1 atom stereocenters. The first-order valence-electron chi connectivity index (χ1n) is 6.79. The van der Waals surface area contributed by atoms with Gasteiger partial charge in [-0.15, -0.1) is 11.3 Å². The molecule has 5 heteroatoms. The van der Waals surface area contributed by atoms with Crippen LogP contribution < -0.4 is 5.32 Å². The van der Waals surface area contributed by atoms with E-state index < -0.39 is 0 Å². The van der Waals surface area contributed by atoms with Gasteiger partial charge in [-0.05, 0) is 29.9 Å². The number of carbonyl (C=O) groups excluding carboxylic acids is 2. The van der Waals surface area contributed by atoms with Crippen molar-refractivity contribution in [2.75, 3.05) is 6.54 Å². The molecule has 0 aromatic carbocycles. The molecule has 1 saturated heterocycles. The third-order valence-corrected chi connectivity index (χ3v) is 4.36. The fraction of sp³-hybridized carbons (Fsp3) is 0.571. The number of hydrogen-bond donors (Lipinski definition) is 1. The van der Waals surface area contributed by atoms with E-state index in [-0.39, 0.29) is 24.4 Å². The van der Waals surface area contributed by atoms with Crippen molar-refractivity contribution >= 4 is 23.2 Å². The van der Waals surface area contributed by atoms with Gasteiger partial charge in [0.15, 0.2) is 0 Å². The summed E-state index contributed by atoms with van der Waals surface area (Å²) in [5, 5.41) is 4.83. The van der Waals surface area contributed by atoms with Crippen LogP contribution in [0.4, 0.5) is 0 Å². The van der Waals surface area contributed by atoms with Crippen LogP contribution in [0.5, 0.6) is 0 Å². The Bertz CT molecular complexity index is 470. The van der Waals surface area contributed by atoms with Crippen LogP contribution in [0, 0.1) is 0 Å². The lowest BCUT2D eigenvalue weighted by atomic mass is 10.1. The van der Waals surface area contributed by atoms with Crippen molar-refractivity contribution < 1.29 is 9.59 Å². The number of amides is 2. The highest BCUT2D eigenvalue weighted by Gasteiger charge is 2.32.